The number of rotatable bonds is 5. The number of para-hydroxylation sites is 1. The van der Waals surface area contributed by atoms with E-state index < -0.39 is 5.25 Å². The Morgan fingerprint density at radius 2 is 1.77 bits per heavy atom. The van der Waals surface area contributed by atoms with Gasteiger partial charge in [0.2, 0.25) is 5.91 Å². The molecule has 0 fully saturated rings. The van der Waals surface area contributed by atoms with Gasteiger partial charge in [0, 0.05) is 23.0 Å². The van der Waals surface area contributed by atoms with Gasteiger partial charge >= 0.3 is 0 Å². The Labute approximate surface area is 216 Å². The van der Waals surface area contributed by atoms with Crippen LogP contribution >= 0.6 is 27.7 Å². The number of hydrazone groups is 1. The van der Waals surface area contributed by atoms with Crippen molar-refractivity contribution in [1.82, 2.24) is 5.01 Å². The van der Waals surface area contributed by atoms with Crippen molar-refractivity contribution < 1.29 is 9.59 Å². The van der Waals surface area contributed by atoms with Crippen LogP contribution in [0.2, 0.25) is 0 Å². The Hall–Kier alpha value is -3.23. The molecular weight excluding hydrogens is 524 g/mol. The molecule has 2 aliphatic rings. The lowest BCUT2D eigenvalue weighted by molar-refractivity contribution is -0.121. The number of anilines is 1. The first-order chi connectivity index (χ1) is 17.0. The van der Waals surface area contributed by atoms with Crippen LogP contribution in [0.1, 0.15) is 35.6 Å². The molecular formula is C27H23BrN4O2S. The van der Waals surface area contributed by atoms with Crippen LogP contribution in [0.25, 0.3) is 0 Å². The SMILES string of the molecule is Cc1ccc(C2CC(c3ccc(Br)cc3)=NN2C2=NC(=O)C(CC(=O)Nc3ccccc3)S2)cc1. The molecule has 176 valence electrons. The van der Waals surface area contributed by atoms with Crippen LogP contribution in [0.3, 0.4) is 0 Å². The average Bonchev–Trinajstić information content (AvgIpc) is 3.45. The van der Waals surface area contributed by atoms with Gasteiger partial charge in [0.05, 0.1) is 11.8 Å². The van der Waals surface area contributed by atoms with Crippen LogP contribution in [0, 0.1) is 6.92 Å². The molecule has 0 spiro atoms. The quantitative estimate of drug-likeness (QED) is 0.430. The molecule has 2 atom stereocenters. The number of carbonyl (C=O) groups excluding carboxylic acids is 2. The highest BCUT2D eigenvalue weighted by Crippen LogP contribution is 2.38. The summed E-state index contributed by atoms with van der Waals surface area (Å²) in [6, 6.07) is 25.6. The molecule has 35 heavy (non-hydrogen) atoms. The van der Waals surface area contributed by atoms with Crippen molar-refractivity contribution >= 4 is 56.1 Å². The van der Waals surface area contributed by atoms with Crippen LogP contribution < -0.4 is 5.32 Å². The van der Waals surface area contributed by atoms with Gasteiger partial charge in [-0.15, -0.1) is 0 Å². The Kier molecular flexibility index (Phi) is 6.83. The van der Waals surface area contributed by atoms with E-state index in [1.165, 1.54) is 17.3 Å². The minimum absolute atomic E-state index is 0.0533. The van der Waals surface area contributed by atoms with E-state index >= 15 is 0 Å². The topological polar surface area (TPSA) is 74.1 Å². The van der Waals surface area contributed by atoms with Gasteiger partial charge in [-0.1, -0.05) is 87.9 Å². The van der Waals surface area contributed by atoms with Crippen molar-refractivity contribution in [2.45, 2.75) is 31.1 Å². The third kappa shape index (κ3) is 5.39. The van der Waals surface area contributed by atoms with Crippen LogP contribution in [0.15, 0.2) is 93.4 Å². The van der Waals surface area contributed by atoms with Crippen LogP contribution in [0.4, 0.5) is 5.69 Å². The highest BCUT2D eigenvalue weighted by molar-refractivity contribution is 9.10. The predicted molar refractivity (Wildman–Crippen MR) is 145 cm³/mol. The maximum absolute atomic E-state index is 12.7. The number of hydrogen-bond acceptors (Lipinski definition) is 5. The summed E-state index contributed by atoms with van der Waals surface area (Å²) in [4.78, 5) is 29.6. The molecule has 2 heterocycles. The number of hydrogen-bond donors (Lipinski definition) is 1. The molecule has 6 nitrogen and oxygen atoms in total. The number of aliphatic imine (C=N–C) groups is 1. The van der Waals surface area contributed by atoms with E-state index in [0.717, 1.165) is 21.3 Å². The second-order valence-electron chi connectivity index (χ2n) is 8.49. The van der Waals surface area contributed by atoms with Crippen LogP contribution in [-0.4, -0.2) is 33.0 Å². The Morgan fingerprint density at radius 1 is 1.06 bits per heavy atom. The fourth-order valence-corrected chi connectivity index (χ4v) is 5.38. The highest BCUT2D eigenvalue weighted by atomic mass is 79.9. The second kappa shape index (κ2) is 10.2. The van der Waals surface area contributed by atoms with Gasteiger partial charge in [-0.25, -0.2) is 5.01 Å². The largest absolute Gasteiger partial charge is 0.326 e. The summed E-state index contributed by atoms with van der Waals surface area (Å²) in [5.74, 6) is -0.516. The zero-order chi connectivity index (χ0) is 24.4. The number of halogens is 1. The molecule has 0 bridgehead atoms. The molecule has 3 aromatic carbocycles. The normalized spacial score (nSPS) is 19.5. The highest BCUT2D eigenvalue weighted by Gasteiger charge is 2.39. The number of aryl methyl sites for hydroxylation is 1. The summed E-state index contributed by atoms with van der Waals surface area (Å²) in [5, 5.41) is 9.55. The lowest BCUT2D eigenvalue weighted by Gasteiger charge is -2.23. The molecule has 2 amide bonds. The molecule has 0 saturated carbocycles. The zero-order valence-electron chi connectivity index (χ0n) is 19.0. The van der Waals surface area contributed by atoms with Crippen molar-refractivity contribution in [3.63, 3.8) is 0 Å². The van der Waals surface area contributed by atoms with Crippen molar-refractivity contribution in [1.29, 1.82) is 0 Å². The van der Waals surface area contributed by atoms with E-state index in [9.17, 15) is 9.59 Å². The first-order valence-corrected chi connectivity index (χ1v) is 13.0. The molecule has 0 saturated heterocycles. The van der Waals surface area contributed by atoms with E-state index in [1.54, 1.807) is 0 Å². The maximum atomic E-state index is 12.7. The van der Waals surface area contributed by atoms with Gasteiger partial charge < -0.3 is 5.32 Å². The van der Waals surface area contributed by atoms with Gasteiger partial charge in [0.25, 0.3) is 5.91 Å². The van der Waals surface area contributed by atoms with Gasteiger partial charge in [-0.05, 0) is 42.3 Å². The zero-order valence-corrected chi connectivity index (χ0v) is 21.4. The van der Waals surface area contributed by atoms with E-state index in [2.05, 4.69) is 57.4 Å². The monoisotopic (exact) mass is 546 g/mol. The second-order valence-corrected chi connectivity index (χ2v) is 10.6. The Bertz CT molecular complexity index is 1310. The van der Waals surface area contributed by atoms with Gasteiger partial charge in [-0.2, -0.15) is 10.1 Å². The van der Waals surface area contributed by atoms with E-state index in [-0.39, 0.29) is 24.3 Å². The molecule has 0 radical (unpaired) electrons. The summed E-state index contributed by atoms with van der Waals surface area (Å²) in [5.41, 5.74) is 4.95. The van der Waals surface area contributed by atoms with E-state index in [4.69, 9.17) is 5.10 Å². The minimum atomic E-state index is -0.570. The molecule has 3 aromatic rings. The standard InChI is InChI=1S/C27H23BrN4O2S/c1-17-7-9-19(10-8-17)23-15-22(18-11-13-20(28)14-12-18)31-32(23)27-30-26(34)24(35-27)16-25(33)29-21-5-3-2-4-6-21/h2-14,23-24H,15-16H2,1H3,(H,29,33). The van der Waals surface area contributed by atoms with Gasteiger partial charge in [0.15, 0.2) is 5.17 Å². The summed E-state index contributed by atoms with van der Waals surface area (Å²) in [6.45, 7) is 2.06. The molecule has 1 N–H and O–H groups in total. The summed E-state index contributed by atoms with van der Waals surface area (Å²) in [7, 11) is 0. The number of carbonyl (C=O) groups is 2. The number of nitrogens with one attached hydrogen (secondary N) is 1. The Balaban J connectivity index is 1.36. The number of amides is 2. The fourth-order valence-electron chi connectivity index (χ4n) is 4.06. The van der Waals surface area contributed by atoms with Crippen LogP contribution in [-0.2, 0) is 9.59 Å². The number of thioether (sulfide) groups is 1. The lowest BCUT2D eigenvalue weighted by atomic mass is 9.98. The smallest absolute Gasteiger partial charge is 0.262 e. The van der Waals surface area contributed by atoms with Crippen molar-refractivity contribution in [2.75, 3.05) is 5.32 Å². The molecule has 2 aliphatic heterocycles. The first-order valence-electron chi connectivity index (χ1n) is 11.3. The van der Waals surface area contributed by atoms with Gasteiger partial charge in [-0.3, -0.25) is 9.59 Å². The van der Waals surface area contributed by atoms with Crippen molar-refractivity contribution in [2.24, 2.45) is 10.1 Å². The predicted octanol–water partition coefficient (Wildman–Crippen LogP) is 5.94. The van der Waals surface area contributed by atoms with Crippen molar-refractivity contribution in [3.05, 3.63) is 100 Å². The third-order valence-corrected chi connectivity index (χ3v) is 7.57. The third-order valence-electron chi connectivity index (χ3n) is 5.90. The minimum Gasteiger partial charge on any atom is -0.326 e. The molecule has 2 unspecified atom stereocenters. The molecule has 0 aliphatic carbocycles. The Morgan fingerprint density at radius 3 is 2.49 bits per heavy atom. The number of amidine groups is 1. The summed E-state index contributed by atoms with van der Waals surface area (Å²) < 4.78 is 1.00. The summed E-state index contributed by atoms with van der Waals surface area (Å²) >= 11 is 4.79. The average molecular weight is 547 g/mol. The summed E-state index contributed by atoms with van der Waals surface area (Å²) in [6.07, 6.45) is 0.745. The van der Waals surface area contributed by atoms with E-state index in [1.807, 2.05) is 59.6 Å². The molecule has 8 heteroatoms. The first kappa shape index (κ1) is 23.5. The van der Waals surface area contributed by atoms with Crippen LogP contribution in [0.5, 0.6) is 0 Å². The maximum Gasteiger partial charge on any atom is 0.262 e. The lowest BCUT2D eigenvalue weighted by Crippen LogP contribution is -2.25. The fraction of sp³-hybridized carbons (Fsp3) is 0.185. The number of nitrogens with zero attached hydrogens (tertiary/aromatic N) is 3. The number of benzene rings is 3. The molecule has 0 aromatic heterocycles. The molecule has 5 rings (SSSR count). The van der Waals surface area contributed by atoms with E-state index in [0.29, 0.717) is 17.3 Å². The van der Waals surface area contributed by atoms with Gasteiger partial charge in [0.1, 0.15) is 5.25 Å². The van der Waals surface area contributed by atoms with Crippen molar-refractivity contribution in [3.8, 4) is 0 Å².